The largest absolute Gasteiger partial charge is 0.423 e. The molecule has 0 bridgehead atoms. The van der Waals surface area contributed by atoms with Crippen molar-refractivity contribution in [2.24, 2.45) is 0 Å². The molecule has 1 fully saturated rings. The summed E-state index contributed by atoms with van der Waals surface area (Å²) >= 11 is 0. The van der Waals surface area contributed by atoms with Gasteiger partial charge in [-0.25, -0.2) is 0 Å². The first-order valence-corrected chi connectivity index (χ1v) is 8.20. The third-order valence-corrected chi connectivity index (χ3v) is 4.65. The summed E-state index contributed by atoms with van der Waals surface area (Å²) in [7, 11) is 2.09. The van der Waals surface area contributed by atoms with E-state index in [2.05, 4.69) is 52.2 Å². The third-order valence-electron chi connectivity index (χ3n) is 4.65. The predicted molar refractivity (Wildman–Crippen MR) is 94.1 cm³/mol. The molecule has 118 valence electrons. The van der Waals surface area contributed by atoms with Crippen molar-refractivity contribution in [1.29, 1.82) is 0 Å². The van der Waals surface area contributed by atoms with E-state index >= 15 is 0 Å². The molecule has 2 heterocycles. The van der Waals surface area contributed by atoms with Gasteiger partial charge in [0, 0.05) is 25.8 Å². The van der Waals surface area contributed by atoms with Crippen LogP contribution >= 0.6 is 0 Å². The van der Waals surface area contributed by atoms with Crippen molar-refractivity contribution in [2.45, 2.75) is 18.9 Å². The minimum Gasteiger partial charge on any atom is -0.423 e. The summed E-state index contributed by atoms with van der Waals surface area (Å²) in [6, 6.07) is 19.7. The van der Waals surface area contributed by atoms with Crippen LogP contribution in [0, 0.1) is 0 Å². The molecule has 23 heavy (non-hydrogen) atoms. The lowest BCUT2D eigenvalue weighted by Crippen LogP contribution is -2.46. The number of anilines is 2. The highest BCUT2D eigenvalue weighted by Gasteiger charge is 2.26. The number of oxazole rings is 1. The number of para-hydroxylation sites is 3. The topological polar surface area (TPSA) is 32.5 Å². The summed E-state index contributed by atoms with van der Waals surface area (Å²) in [5, 5.41) is 0. The molecule has 1 aliphatic heterocycles. The summed E-state index contributed by atoms with van der Waals surface area (Å²) in [5.41, 5.74) is 3.07. The second-order valence-corrected chi connectivity index (χ2v) is 6.15. The van der Waals surface area contributed by atoms with Gasteiger partial charge in [-0.15, -0.1) is 0 Å². The Balaban J connectivity index is 1.54. The number of likely N-dealkylation sites (N-methyl/N-ethyl adjacent to an activating group) is 1. The van der Waals surface area contributed by atoms with Crippen LogP contribution in [0.1, 0.15) is 12.8 Å². The van der Waals surface area contributed by atoms with E-state index in [1.54, 1.807) is 0 Å². The fourth-order valence-corrected chi connectivity index (χ4v) is 3.31. The molecular formula is C19H21N3O. The number of rotatable bonds is 3. The van der Waals surface area contributed by atoms with E-state index in [0.717, 1.165) is 24.2 Å². The van der Waals surface area contributed by atoms with Crippen molar-refractivity contribution < 1.29 is 4.42 Å². The van der Waals surface area contributed by atoms with Crippen molar-refractivity contribution in [3.8, 4) is 0 Å². The summed E-state index contributed by atoms with van der Waals surface area (Å²) in [6.45, 7) is 2.11. The fraction of sp³-hybridized carbons (Fsp3) is 0.316. The Hall–Kier alpha value is -2.49. The molecule has 0 amide bonds. The van der Waals surface area contributed by atoms with E-state index < -0.39 is 0 Å². The number of aromatic nitrogens is 1. The van der Waals surface area contributed by atoms with E-state index in [0.29, 0.717) is 12.1 Å². The minimum atomic E-state index is 0.414. The SMILES string of the molecule is CN(c1nc2ccccc2o1)C1CCCN(c2ccccc2)C1. The highest BCUT2D eigenvalue weighted by atomic mass is 16.4. The highest BCUT2D eigenvalue weighted by molar-refractivity contribution is 5.74. The maximum atomic E-state index is 5.92. The average Bonchev–Trinajstić information content (AvgIpc) is 3.06. The number of nitrogens with zero attached hydrogens (tertiary/aromatic N) is 3. The van der Waals surface area contributed by atoms with Crippen LogP contribution in [0.3, 0.4) is 0 Å². The van der Waals surface area contributed by atoms with Gasteiger partial charge in [-0.1, -0.05) is 30.3 Å². The Labute approximate surface area is 136 Å². The van der Waals surface area contributed by atoms with E-state index in [1.165, 1.54) is 18.5 Å². The van der Waals surface area contributed by atoms with E-state index in [4.69, 9.17) is 4.42 Å². The van der Waals surface area contributed by atoms with Crippen molar-refractivity contribution in [1.82, 2.24) is 4.98 Å². The van der Waals surface area contributed by atoms with E-state index in [1.807, 2.05) is 24.3 Å². The molecule has 1 aromatic heterocycles. The van der Waals surface area contributed by atoms with Gasteiger partial charge < -0.3 is 14.2 Å². The smallest absolute Gasteiger partial charge is 0.298 e. The molecule has 1 aliphatic rings. The normalized spacial score (nSPS) is 18.3. The van der Waals surface area contributed by atoms with Crippen molar-refractivity contribution in [3.05, 3.63) is 54.6 Å². The van der Waals surface area contributed by atoms with Crippen LogP contribution in [0.15, 0.2) is 59.0 Å². The van der Waals surface area contributed by atoms with E-state index in [9.17, 15) is 0 Å². The molecule has 4 nitrogen and oxygen atoms in total. The van der Waals surface area contributed by atoms with Gasteiger partial charge in [0.05, 0.1) is 6.04 Å². The Kier molecular flexibility index (Phi) is 3.66. The predicted octanol–water partition coefficient (Wildman–Crippen LogP) is 3.93. The van der Waals surface area contributed by atoms with Crippen LogP contribution < -0.4 is 9.80 Å². The molecule has 1 atom stereocenters. The van der Waals surface area contributed by atoms with Gasteiger partial charge in [0.15, 0.2) is 5.58 Å². The highest BCUT2D eigenvalue weighted by Crippen LogP contribution is 2.27. The number of hydrogen-bond acceptors (Lipinski definition) is 4. The zero-order valence-corrected chi connectivity index (χ0v) is 13.4. The molecule has 1 saturated heterocycles. The molecule has 0 spiro atoms. The van der Waals surface area contributed by atoms with Gasteiger partial charge in [0.25, 0.3) is 6.01 Å². The summed E-state index contributed by atoms with van der Waals surface area (Å²) < 4.78 is 5.92. The molecule has 0 radical (unpaired) electrons. The maximum absolute atomic E-state index is 5.92. The first-order chi connectivity index (χ1) is 11.3. The van der Waals surface area contributed by atoms with Crippen LogP contribution in [-0.2, 0) is 0 Å². The lowest BCUT2D eigenvalue weighted by Gasteiger charge is -2.38. The second kappa shape index (κ2) is 5.95. The van der Waals surface area contributed by atoms with E-state index in [-0.39, 0.29) is 0 Å². The minimum absolute atomic E-state index is 0.414. The van der Waals surface area contributed by atoms with Gasteiger partial charge in [0.1, 0.15) is 5.52 Å². The Morgan fingerprint density at radius 2 is 1.87 bits per heavy atom. The molecule has 4 heteroatoms. The standard InChI is InChI=1S/C19H21N3O/c1-21(19-20-17-11-5-6-12-18(17)23-19)16-10-7-13-22(14-16)15-8-3-2-4-9-15/h2-6,8-9,11-12,16H,7,10,13-14H2,1H3. The number of benzene rings is 2. The molecule has 3 aromatic rings. The first-order valence-electron chi connectivity index (χ1n) is 8.20. The fourth-order valence-electron chi connectivity index (χ4n) is 3.31. The van der Waals surface area contributed by atoms with Gasteiger partial charge >= 0.3 is 0 Å². The van der Waals surface area contributed by atoms with Gasteiger partial charge in [0.2, 0.25) is 0 Å². The summed E-state index contributed by atoms with van der Waals surface area (Å²) in [5.74, 6) is 0. The summed E-state index contributed by atoms with van der Waals surface area (Å²) in [6.07, 6.45) is 2.35. The van der Waals surface area contributed by atoms with Gasteiger partial charge in [-0.2, -0.15) is 4.98 Å². The van der Waals surface area contributed by atoms with Crippen molar-refractivity contribution in [3.63, 3.8) is 0 Å². The molecule has 0 aliphatic carbocycles. The molecule has 2 aromatic carbocycles. The monoisotopic (exact) mass is 307 g/mol. The first kappa shape index (κ1) is 14.1. The van der Waals surface area contributed by atoms with Gasteiger partial charge in [-0.05, 0) is 37.1 Å². The Morgan fingerprint density at radius 3 is 2.70 bits per heavy atom. The quantitative estimate of drug-likeness (QED) is 0.734. The zero-order valence-electron chi connectivity index (χ0n) is 13.4. The van der Waals surface area contributed by atoms with Gasteiger partial charge in [-0.3, -0.25) is 0 Å². The lowest BCUT2D eigenvalue weighted by molar-refractivity contribution is 0.458. The molecule has 4 rings (SSSR count). The third kappa shape index (κ3) is 2.77. The Morgan fingerprint density at radius 1 is 1.09 bits per heavy atom. The molecule has 0 N–H and O–H groups in total. The van der Waals surface area contributed by atoms with Crippen molar-refractivity contribution >= 4 is 22.8 Å². The number of fused-ring (bicyclic) bond motifs is 1. The zero-order chi connectivity index (χ0) is 15.6. The number of piperidine rings is 1. The maximum Gasteiger partial charge on any atom is 0.298 e. The van der Waals surface area contributed by atoms with Crippen LogP contribution in [0.25, 0.3) is 11.1 Å². The average molecular weight is 307 g/mol. The van der Waals surface area contributed by atoms with Crippen LogP contribution in [0.4, 0.5) is 11.7 Å². The molecule has 1 unspecified atom stereocenters. The number of hydrogen-bond donors (Lipinski definition) is 0. The summed E-state index contributed by atoms with van der Waals surface area (Å²) in [4.78, 5) is 9.27. The Bertz CT molecular complexity index is 750. The van der Waals surface area contributed by atoms with Crippen molar-refractivity contribution in [2.75, 3.05) is 29.9 Å². The molecular weight excluding hydrogens is 286 g/mol. The van der Waals surface area contributed by atoms with Crippen LogP contribution in [0.5, 0.6) is 0 Å². The second-order valence-electron chi connectivity index (χ2n) is 6.15. The van der Waals surface area contributed by atoms with Crippen LogP contribution in [-0.4, -0.2) is 31.2 Å². The van der Waals surface area contributed by atoms with Crippen LogP contribution in [0.2, 0.25) is 0 Å². The lowest BCUT2D eigenvalue weighted by atomic mass is 10.0. The molecule has 0 saturated carbocycles.